The molecule has 1 aliphatic rings. The first kappa shape index (κ1) is 31.7. The van der Waals surface area contributed by atoms with Gasteiger partial charge >= 0.3 is 18.5 Å². The van der Waals surface area contributed by atoms with E-state index in [-0.39, 0.29) is 35.1 Å². The maximum absolute atomic E-state index is 14.2. The zero-order valence-corrected chi connectivity index (χ0v) is 21.9. The van der Waals surface area contributed by atoms with Crippen LogP contribution < -0.4 is 10.2 Å². The first-order valence-electron chi connectivity index (χ1n) is 11.8. The summed E-state index contributed by atoms with van der Waals surface area (Å²) in [7, 11) is 0. The summed E-state index contributed by atoms with van der Waals surface area (Å²) in [5.41, 5.74) is -5.32. The van der Waals surface area contributed by atoms with Crippen LogP contribution in [0.3, 0.4) is 0 Å². The number of allylic oxidation sites excluding steroid dienone is 1. The first-order chi connectivity index (χ1) is 19.9. The molecule has 0 aliphatic carbocycles. The second-order valence-corrected chi connectivity index (χ2v) is 9.59. The number of oxime groups is 1. The number of benzene rings is 1. The van der Waals surface area contributed by atoms with Crippen LogP contribution in [0.4, 0.5) is 45.2 Å². The Labute approximate surface area is 240 Å². The summed E-state index contributed by atoms with van der Waals surface area (Å²) in [6.45, 7) is -2.36. The fourth-order valence-electron chi connectivity index (χ4n) is 4.17. The number of hydrogen-bond acceptors (Lipinski definition) is 5. The van der Waals surface area contributed by atoms with E-state index < -0.39 is 65.7 Å². The van der Waals surface area contributed by atoms with Gasteiger partial charge in [-0.05, 0) is 42.5 Å². The summed E-state index contributed by atoms with van der Waals surface area (Å²) in [4.78, 5) is 33.1. The van der Waals surface area contributed by atoms with E-state index in [4.69, 9.17) is 16.4 Å². The van der Waals surface area contributed by atoms with Crippen LogP contribution >= 0.6 is 11.6 Å². The average molecular weight is 642 g/mol. The van der Waals surface area contributed by atoms with Gasteiger partial charge in [0.25, 0.3) is 5.60 Å². The third kappa shape index (κ3) is 6.87. The number of amides is 2. The molecule has 4 rings (SSSR count). The number of rotatable bonds is 8. The largest absolute Gasteiger partial charge is 0.435 e. The second kappa shape index (κ2) is 11.4. The molecule has 1 N–H and O–H groups in total. The standard InChI is InChI=1S/C25H17ClF9N5O3/c26-16-6-14(5-15(7-16)24(30,31)32)22(25(33,34)35)8-17(38-43-22)1-2-18-3-4-19(20-9-36-12-40(18)20)39(13-41)10-21(42)37-11-23(27,28)29/h1-7,9,12-13H,8,10-11H2,(H,37,42). The van der Waals surface area contributed by atoms with Crippen LogP contribution in [-0.2, 0) is 26.2 Å². The van der Waals surface area contributed by atoms with Crippen molar-refractivity contribution in [2.24, 2.45) is 5.16 Å². The zero-order valence-electron chi connectivity index (χ0n) is 21.2. The Bertz CT molecular complexity index is 1600. The normalized spacial score (nSPS) is 17.7. The second-order valence-electron chi connectivity index (χ2n) is 9.15. The Morgan fingerprint density at radius 3 is 2.44 bits per heavy atom. The van der Waals surface area contributed by atoms with Gasteiger partial charge in [0.2, 0.25) is 12.3 Å². The van der Waals surface area contributed by atoms with Crippen LogP contribution in [0.15, 0.2) is 54.1 Å². The Hall–Kier alpha value is -4.28. The number of carbonyl (C=O) groups is 2. The highest BCUT2D eigenvalue weighted by molar-refractivity contribution is 6.30. The number of aromatic nitrogens is 2. The lowest BCUT2D eigenvalue weighted by Gasteiger charge is -2.30. The molecule has 2 aromatic heterocycles. The lowest BCUT2D eigenvalue weighted by molar-refractivity contribution is -0.276. The molecule has 1 aromatic carbocycles. The number of imidazole rings is 1. The van der Waals surface area contributed by atoms with Crippen LogP contribution in [0, 0.1) is 0 Å². The molecule has 18 heteroatoms. The Morgan fingerprint density at radius 2 is 1.81 bits per heavy atom. The number of alkyl halides is 9. The van der Waals surface area contributed by atoms with Crippen molar-refractivity contribution in [3.8, 4) is 0 Å². The highest BCUT2D eigenvalue weighted by Gasteiger charge is 2.62. The fraction of sp³-hybridized carbons (Fsp3) is 0.280. The molecule has 0 radical (unpaired) electrons. The van der Waals surface area contributed by atoms with Crippen molar-refractivity contribution in [2.75, 3.05) is 18.0 Å². The SMILES string of the molecule is O=CN(CC(=O)NCC(F)(F)F)c1ccc(C=CC2=NOC(c3cc(Cl)cc(C(F)(F)F)c3)(C(F)(F)F)C2)n2cncc12. The van der Waals surface area contributed by atoms with Gasteiger partial charge in [-0.3, -0.25) is 14.0 Å². The van der Waals surface area contributed by atoms with E-state index in [1.54, 1.807) is 5.32 Å². The van der Waals surface area contributed by atoms with Gasteiger partial charge in [-0.2, -0.15) is 39.5 Å². The van der Waals surface area contributed by atoms with Crippen molar-refractivity contribution in [2.45, 2.75) is 30.6 Å². The van der Waals surface area contributed by atoms with Crippen LogP contribution in [0.5, 0.6) is 0 Å². The Balaban J connectivity index is 1.59. The third-order valence-corrected chi connectivity index (χ3v) is 6.39. The molecule has 0 bridgehead atoms. The molecule has 3 heterocycles. The predicted octanol–water partition coefficient (Wildman–Crippen LogP) is 5.90. The Kier molecular flexibility index (Phi) is 8.41. The number of anilines is 1. The Morgan fingerprint density at radius 1 is 1.09 bits per heavy atom. The summed E-state index contributed by atoms with van der Waals surface area (Å²) < 4.78 is 121. The van der Waals surface area contributed by atoms with Gasteiger partial charge in [0.05, 0.1) is 35.0 Å². The van der Waals surface area contributed by atoms with Gasteiger partial charge in [0.1, 0.15) is 13.1 Å². The summed E-state index contributed by atoms with van der Waals surface area (Å²) >= 11 is 5.70. The summed E-state index contributed by atoms with van der Waals surface area (Å²) in [5.74, 6) is -1.10. The van der Waals surface area contributed by atoms with Gasteiger partial charge < -0.3 is 15.1 Å². The highest BCUT2D eigenvalue weighted by atomic mass is 35.5. The van der Waals surface area contributed by atoms with E-state index >= 15 is 0 Å². The minimum Gasteiger partial charge on any atom is -0.374 e. The van der Waals surface area contributed by atoms with E-state index in [2.05, 4.69) is 10.1 Å². The lowest BCUT2D eigenvalue weighted by atomic mass is 9.87. The van der Waals surface area contributed by atoms with Crippen LogP contribution in [0.1, 0.15) is 23.2 Å². The van der Waals surface area contributed by atoms with Gasteiger partial charge in [0.15, 0.2) is 0 Å². The smallest absolute Gasteiger partial charge is 0.374 e. The molecule has 0 spiro atoms. The maximum Gasteiger partial charge on any atom is 0.435 e. The van der Waals surface area contributed by atoms with Crippen molar-refractivity contribution >= 4 is 46.9 Å². The minimum atomic E-state index is -5.20. The molecule has 0 fully saturated rings. The number of nitrogens with one attached hydrogen (secondary N) is 1. The fourth-order valence-corrected chi connectivity index (χ4v) is 4.41. The van der Waals surface area contributed by atoms with E-state index in [9.17, 15) is 49.1 Å². The number of nitrogens with zero attached hydrogens (tertiary/aromatic N) is 4. The summed E-state index contributed by atoms with van der Waals surface area (Å²) in [6.07, 6.45) is -10.7. The maximum atomic E-state index is 14.2. The monoisotopic (exact) mass is 641 g/mol. The number of fused-ring (bicyclic) bond motifs is 1. The van der Waals surface area contributed by atoms with Crippen LogP contribution in [-0.4, -0.2) is 52.9 Å². The molecule has 1 aliphatic heterocycles. The molecule has 1 atom stereocenters. The summed E-state index contributed by atoms with van der Waals surface area (Å²) in [6, 6.07) is 4.16. The van der Waals surface area contributed by atoms with Crippen molar-refractivity contribution in [3.63, 3.8) is 0 Å². The minimum absolute atomic E-state index is 0.0749. The van der Waals surface area contributed by atoms with Crippen molar-refractivity contribution in [1.29, 1.82) is 0 Å². The molecule has 8 nitrogen and oxygen atoms in total. The average Bonchev–Trinajstić information content (AvgIpc) is 3.57. The molecule has 1 unspecified atom stereocenters. The molecule has 43 heavy (non-hydrogen) atoms. The molecule has 230 valence electrons. The number of halogens is 10. The molecular formula is C25H17ClF9N5O3. The highest BCUT2D eigenvalue weighted by Crippen LogP contribution is 2.49. The number of pyridine rings is 1. The lowest BCUT2D eigenvalue weighted by Crippen LogP contribution is -2.42. The molecule has 2 amide bonds. The van der Waals surface area contributed by atoms with Crippen molar-refractivity contribution in [1.82, 2.24) is 14.7 Å². The van der Waals surface area contributed by atoms with Gasteiger partial charge in [0, 0.05) is 22.7 Å². The van der Waals surface area contributed by atoms with Crippen molar-refractivity contribution in [3.05, 3.63) is 70.8 Å². The topological polar surface area (TPSA) is 88.3 Å². The molecular weight excluding hydrogens is 625 g/mol. The molecule has 3 aromatic rings. The summed E-state index contributed by atoms with van der Waals surface area (Å²) in [5, 5.41) is 4.49. The van der Waals surface area contributed by atoms with Gasteiger partial charge in [-0.15, -0.1) is 0 Å². The van der Waals surface area contributed by atoms with Gasteiger partial charge in [-0.25, -0.2) is 4.98 Å². The predicted molar refractivity (Wildman–Crippen MR) is 134 cm³/mol. The number of carbonyl (C=O) groups excluding carboxylic acids is 2. The van der Waals surface area contributed by atoms with Crippen LogP contribution in [0.2, 0.25) is 5.02 Å². The van der Waals surface area contributed by atoms with E-state index in [1.807, 2.05) is 0 Å². The quantitative estimate of drug-likeness (QED) is 0.245. The van der Waals surface area contributed by atoms with Gasteiger partial charge in [-0.1, -0.05) is 16.8 Å². The first-order valence-corrected chi connectivity index (χ1v) is 12.2. The zero-order chi connectivity index (χ0) is 31.8. The van der Waals surface area contributed by atoms with Crippen LogP contribution in [0.25, 0.3) is 11.6 Å². The van der Waals surface area contributed by atoms with E-state index in [1.165, 1.54) is 35.1 Å². The number of hydrogen-bond donors (Lipinski definition) is 1. The van der Waals surface area contributed by atoms with E-state index in [0.29, 0.717) is 12.1 Å². The molecule has 0 saturated carbocycles. The third-order valence-electron chi connectivity index (χ3n) is 6.17. The van der Waals surface area contributed by atoms with E-state index in [0.717, 1.165) is 11.0 Å². The van der Waals surface area contributed by atoms with Crippen molar-refractivity contribution < 1.29 is 53.9 Å². The molecule has 0 saturated heterocycles.